The molecule has 1 fully saturated rings. The van der Waals surface area contributed by atoms with Gasteiger partial charge in [-0.15, -0.1) is 0 Å². The molecule has 0 N–H and O–H groups in total. The van der Waals surface area contributed by atoms with E-state index in [4.69, 9.17) is 4.74 Å². The molecule has 128 valence electrons. The standard InChI is InChI=1S/C21H32O2/c1-4-6-8-15-21(16-9-7-10-17(21)3)18-11-13-19(14-12-18)23-20(22)5-2/h11-14,17H,4-10,15-16H2,1-3H3/t17-,21+/m0/s1. The fourth-order valence-electron chi connectivity index (χ4n) is 4.11. The SMILES string of the molecule is CCCCC[C@@]1(c2ccc(OC(=O)CC)cc2)CCCC[C@@H]1C. The highest BCUT2D eigenvalue weighted by molar-refractivity contribution is 5.71. The summed E-state index contributed by atoms with van der Waals surface area (Å²) >= 11 is 0. The zero-order chi connectivity index (χ0) is 16.7. The average molecular weight is 316 g/mol. The minimum atomic E-state index is -0.165. The summed E-state index contributed by atoms with van der Waals surface area (Å²) < 4.78 is 5.33. The Morgan fingerprint density at radius 1 is 1.17 bits per heavy atom. The smallest absolute Gasteiger partial charge is 0.310 e. The Hall–Kier alpha value is -1.31. The van der Waals surface area contributed by atoms with E-state index in [1.54, 1.807) is 0 Å². The molecule has 0 bridgehead atoms. The van der Waals surface area contributed by atoms with Crippen molar-refractivity contribution in [1.29, 1.82) is 0 Å². The number of rotatable bonds is 7. The Balaban J connectivity index is 2.19. The van der Waals surface area contributed by atoms with Crippen LogP contribution in [0.4, 0.5) is 0 Å². The molecule has 0 aliphatic heterocycles. The molecule has 1 aliphatic rings. The van der Waals surface area contributed by atoms with Crippen molar-refractivity contribution >= 4 is 5.97 Å². The minimum Gasteiger partial charge on any atom is -0.427 e. The van der Waals surface area contributed by atoms with Crippen LogP contribution in [0.15, 0.2) is 24.3 Å². The van der Waals surface area contributed by atoms with Gasteiger partial charge in [0.25, 0.3) is 0 Å². The normalized spacial score (nSPS) is 24.4. The quantitative estimate of drug-likeness (QED) is 0.349. The lowest BCUT2D eigenvalue weighted by Crippen LogP contribution is -2.36. The summed E-state index contributed by atoms with van der Waals surface area (Å²) in [5.74, 6) is 1.24. The van der Waals surface area contributed by atoms with Crippen LogP contribution >= 0.6 is 0 Å². The van der Waals surface area contributed by atoms with Gasteiger partial charge in [-0.2, -0.15) is 0 Å². The molecule has 0 unspecified atom stereocenters. The third-order valence-electron chi connectivity index (χ3n) is 5.63. The summed E-state index contributed by atoms with van der Waals surface area (Å²) in [4.78, 5) is 11.4. The molecule has 2 rings (SSSR count). The van der Waals surface area contributed by atoms with Crippen molar-refractivity contribution in [2.75, 3.05) is 0 Å². The summed E-state index contributed by atoms with van der Waals surface area (Å²) in [7, 11) is 0. The van der Waals surface area contributed by atoms with E-state index in [1.165, 1.54) is 56.9 Å². The van der Waals surface area contributed by atoms with Gasteiger partial charge in [0.1, 0.15) is 5.75 Å². The molecule has 1 saturated carbocycles. The van der Waals surface area contributed by atoms with Crippen LogP contribution in [0.2, 0.25) is 0 Å². The first-order chi connectivity index (χ1) is 11.1. The maximum atomic E-state index is 11.4. The fraction of sp³-hybridized carbons (Fsp3) is 0.667. The topological polar surface area (TPSA) is 26.3 Å². The Morgan fingerprint density at radius 3 is 2.52 bits per heavy atom. The van der Waals surface area contributed by atoms with E-state index < -0.39 is 0 Å². The van der Waals surface area contributed by atoms with Crippen LogP contribution in [0.3, 0.4) is 0 Å². The van der Waals surface area contributed by atoms with E-state index in [0.29, 0.717) is 17.6 Å². The molecular weight excluding hydrogens is 284 g/mol. The first-order valence-electron chi connectivity index (χ1n) is 9.43. The van der Waals surface area contributed by atoms with Crippen LogP contribution in [-0.4, -0.2) is 5.97 Å². The maximum Gasteiger partial charge on any atom is 0.310 e. The van der Waals surface area contributed by atoms with Gasteiger partial charge < -0.3 is 4.74 Å². The second-order valence-electron chi connectivity index (χ2n) is 7.11. The monoisotopic (exact) mass is 316 g/mol. The van der Waals surface area contributed by atoms with Crippen molar-refractivity contribution in [3.05, 3.63) is 29.8 Å². The van der Waals surface area contributed by atoms with Gasteiger partial charge in [-0.1, -0.05) is 65.0 Å². The van der Waals surface area contributed by atoms with Crippen molar-refractivity contribution in [2.24, 2.45) is 5.92 Å². The van der Waals surface area contributed by atoms with E-state index in [9.17, 15) is 4.79 Å². The van der Waals surface area contributed by atoms with E-state index >= 15 is 0 Å². The van der Waals surface area contributed by atoms with Crippen molar-refractivity contribution in [3.8, 4) is 5.75 Å². The van der Waals surface area contributed by atoms with Gasteiger partial charge in [0, 0.05) is 6.42 Å². The molecule has 0 amide bonds. The molecule has 1 aliphatic carbocycles. The van der Waals surface area contributed by atoms with Crippen LogP contribution in [0, 0.1) is 5.92 Å². The Labute approximate surface area is 141 Å². The molecule has 2 atom stereocenters. The van der Waals surface area contributed by atoms with Gasteiger partial charge in [0.2, 0.25) is 0 Å². The number of carbonyl (C=O) groups excluding carboxylic acids is 1. The summed E-state index contributed by atoms with van der Waals surface area (Å²) in [6, 6.07) is 8.36. The molecule has 23 heavy (non-hydrogen) atoms. The van der Waals surface area contributed by atoms with Crippen LogP contribution in [0.25, 0.3) is 0 Å². The molecule has 1 aromatic rings. The zero-order valence-electron chi connectivity index (χ0n) is 15.1. The fourth-order valence-corrected chi connectivity index (χ4v) is 4.11. The van der Waals surface area contributed by atoms with E-state index in [2.05, 4.69) is 26.0 Å². The third-order valence-corrected chi connectivity index (χ3v) is 5.63. The average Bonchev–Trinajstić information content (AvgIpc) is 2.57. The molecule has 0 radical (unpaired) electrons. The van der Waals surface area contributed by atoms with Crippen LogP contribution < -0.4 is 4.74 Å². The van der Waals surface area contributed by atoms with Crippen molar-refractivity contribution < 1.29 is 9.53 Å². The largest absolute Gasteiger partial charge is 0.427 e. The molecule has 1 aromatic carbocycles. The molecule has 0 heterocycles. The number of benzene rings is 1. The lowest BCUT2D eigenvalue weighted by Gasteiger charge is -2.44. The van der Waals surface area contributed by atoms with Gasteiger partial charge in [-0.25, -0.2) is 0 Å². The molecular formula is C21H32O2. The highest BCUT2D eigenvalue weighted by atomic mass is 16.5. The number of carbonyl (C=O) groups is 1. The lowest BCUT2D eigenvalue weighted by atomic mass is 9.61. The summed E-state index contributed by atoms with van der Waals surface area (Å²) in [6.45, 7) is 6.52. The minimum absolute atomic E-state index is 0.165. The van der Waals surface area contributed by atoms with E-state index in [0.717, 1.165) is 5.92 Å². The number of esters is 1. The first kappa shape index (κ1) is 18.0. The van der Waals surface area contributed by atoms with Gasteiger partial charge in [-0.05, 0) is 48.3 Å². The number of ether oxygens (including phenoxy) is 1. The zero-order valence-corrected chi connectivity index (χ0v) is 15.1. The van der Waals surface area contributed by atoms with E-state index in [1.807, 2.05) is 19.1 Å². The second kappa shape index (κ2) is 8.52. The summed E-state index contributed by atoms with van der Waals surface area (Å²) in [5.41, 5.74) is 1.76. The molecule has 2 nitrogen and oxygen atoms in total. The predicted molar refractivity (Wildman–Crippen MR) is 95.8 cm³/mol. The Kier molecular flexibility index (Phi) is 6.68. The van der Waals surface area contributed by atoms with Gasteiger partial charge in [0.05, 0.1) is 0 Å². The van der Waals surface area contributed by atoms with Gasteiger partial charge in [-0.3, -0.25) is 4.79 Å². The van der Waals surface area contributed by atoms with Gasteiger partial charge >= 0.3 is 5.97 Å². The van der Waals surface area contributed by atoms with Crippen molar-refractivity contribution in [1.82, 2.24) is 0 Å². The number of hydrogen-bond donors (Lipinski definition) is 0. The second-order valence-corrected chi connectivity index (χ2v) is 7.11. The Morgan fingerprint density at radius 2 is 1.91 bits per heavy atom. The maximum absolute atomic E-state index is 11.4. The highest BCUT2D eigenvalue weighted by Crippen LogP contribution is 2.47. The molecule has 0 aromatic heterocycles. The first-order valence-corrected chi connectivity index (χ1v) is 9.43. The van der Waals surface area contributed by atoms with Gasteiger partial charge in [0.15, 0.2) is 0 Å². The lowest BCUT2D eigenvalue weighted by molar-refractivity contribution is -0.134. The molecule has 0 spiro atoms. The van der Waals surface area contributed by atoms with Crippen LogP contribution in [0.1, 0.15) is 84.1 Å². The van der Waals surface area contributed by atoms with E-state index in [-0.39, 0.29) is 5.97 Å². The summed E-state index contributed by atoms with van der Waals surface area (Å²) in [5, 5.41) is 0. The number of unbranched alkanes of at least 4 members (excludes halogenated alkanes) is 2. The van der Waals surface area contributed by atoms with Crippen molar-refractivity contribution in [3.63, 3.8) is 0 Å². The van der Waals surface area contributed by atoms with Crippen molar-refractivity contribution in [2.45, 2.75) is 84.0 Å². The highest BCUT2D eigenvalue weighted by Gasteiger charge is 2.38. The predicted octanol–water partition coefficient (Wildman–Crippen LogP) is 6.03. The molecule has 0 saturated heterocycles. The van der Waals surface area contributed by atoms with Crippen LogP contribution in [-0.2, 0) is 10.2 Å². The third kappa shape index (κ3) is 4.37. The number of hydrogen-bond acceptors (Lipinski definition) is 2. The van der Waals surface area contributed by atoms with Crippen LogP contribution in [0.5, 0.6) is 5.75 Å². The molecule has 2 heteroatoms. The summed E-state index contributed by atoms with van der Waals surface area (Å²) in [6.07, 6.45) is 10.9. The Bertz CT molecular complexity index is 491.